The predicted octanol–water partition coefficient (Wildman–Crippen LogP) is 6.31. The van der Waals surface area contributed by atoms with Crippen molar-refractivity contribution < 1.29 is 14.0 Å². The third kappa shape index (κ3) is 5.00. The molecule has 3 aromatic heterocycles. The molecule has 0 spiro atoms. The van der Waals surface area contributed by atoms with Gasteiger partial charge in [-0.25, -0.2) is 9.59 Å². The second kappa shape index (κ2) is 9.95. The molecule has 0 bridgehead atoms. The lowest BCUT2D eigenvalue weighted by Crippen LogP contribution is -2.19. The fourth-order valence-corrected chi connectivity index (χ4v) is 5.74. The van der Waals surface area contributed by atoms with Crippen molar-refractivity contribution in [3.8, 4) is 0 Å². The third-order valence-electron chi connectivity index (χ3n) is 4.95. The molecule has 5 N–H and O–H groups in total. The Balaban J connectivity index is 1.40. The van der Waals surface area contributed by atoms with E-state index in [1.54, 1.807) is 36.7 Å². The number of amides is 4. The van der Waals surface area contributed by atoms with Gasteiger partial charge < -0.3 is 20.8 Å². The summed E-state index contributed by atoms with van der Waals surface area (Å²) in [6.45, 7) is 0. The van der Waals surface area contributed by atoms with E-state index >= 15 is 0 Å². The standard InChI is InChI=1S/C24H18N6O3S2/c25-23(31)28-16-7-9-18(21-14(16)4-1-11-26-21)34-35-19-10-8-17(15-5-2-12-27-22(15)19)29-24(32)30-20-6-3-13-33-20/h1-13H,(H3,25,28,31)(H2,29,30,32). The van der Waals surface area contributed by atoms with Gasteiger partial charge in [0.15, 0.2) is 0 Å². The molecule has 0 saturated carbocycles. The quantitative estimate of drug-likeness (QED) is 0.200. The molecule has 0 saturated heterocycles. The van der Waals surface area contributed by atoms with E-state index in [0.717, 1.165) is 31.6 Å². The fraction of sp³-hybridized carbons (Fsp3) is 0. The maximum Gasteiger partial charge on any atom is 0.326 e. The molecule has 174 valence electrons. The molecule has 0 aliphatic carbocycles. The highest BCUT2D eigenvalue weighted by Gasteiger charge is 2.14. The largest absolute Gasteiger partial charge is 0.449 e. The summed E-state index contributed by atoms with van der Waals surface area (Å²) < 4.78 is 5.16. The van der Waals surface area contributed by atoms with E-state index in [9.17, 15) is 9.59 Å². The highest BCUT2D eigenvalue weighted by Crippen LogP contribution is 2.44. The van der Waals surface area contributed by atoms with Gasteiger partial charge in [0, 0.05) is 39.0 Å². The van der Waals surface area contributed by atoms with Crippen LogP contribution in [0.2, 0.25) is 0 Å². The molecule has 4 amide bonds. The summed E-state index contributed by atoms with van der Waals surface area (Å²) in [4.78, 5) is 34.6. The van der Waals surface area contributed by atoms with Crippen LogP contribution in [0.15, 0.2) is 93.5 Å². The number of fused-ring (bicyclic) bond motifs is 2. The first-order valence-corrected chi connectivity index (χ1v) is 12.5. The average molecular weight is 503 g/mol. The molecule has 0 aliphatic heterocycles. The van der Waals surface area contributed by atoms with Gasteiger partial charge in [-0.15, -0.1) is 0 Å². The van der Waals surface area contributed by atoms with Crippen molar-refractivity contribution in [3.63, 3.8) is 0 Å². The summed E-state index contributed by atoms with van der Waals surface area (Å²) in [5.74, 6) is 0.353. The molecule has 2 aromatic carbocycles. The Kier molecular flexibility index (Phi) is 6.42. The molecular formula is C24H18N6O3S2. The summed E-state index contributed by atoms with van der Waals surface area (Å²) in [6.07, 6.45) is 4.90. The number of furan rings is 1. The van der Waals surface area contributed by atoms with Gasteiger partial charge in [0.05, 0.1) is 28.7 Å². The monoisotopic (exact) mass is 502 g/mol. The van der Waals surface area contributed by atoms with Crippen molar-refractivity contribution in [2.24, 2.45) is 5.73 Å². The van der Waals surface area contributed by atoms with Gasteiger partial charge in [-0.3, -0.25) is 15.3 Å². The Bertz CT molecular complexity index is 1540. The molecule has 11 heteroatoms. The number of carbonyl (C=O) groups excluding carboxylic acids is 2. The smallest absolute Gasteiger partial charge is 0.326 e. The minimum atomic E-state index is -0.631. The Morgan fingerprint density at radius 3 is 1.89 bits per heavy atom. The number of anilines is 3. The molecule has 0 radical (unpaired) electrons. The van der Waals surface area contributed by atoms with Crippen LogP contribution < -0.4 is 21.7 Å². The normalized spacial score (nSPS) is 10.9. The Morgan fingerprint density at radius 2 is 1.34 bits per heavy atom. The van der Waals surface area contributed by atoms with Gasteiger partial charge in [0.2, 0.25) is 5.88 Å². The van der Waals surface area contributed by atoms with Gasteiger partial charge in [0.1, 0.15) is 0 Å². The van der Waals surface area contributed by atoms with E-state index in [-0.39, 0.29) is 0 Å². The van der Waals surface area contributed by atoms with Crippen LogP contribution in [-0.4, -0.2) is 22.0 Å². The SMILES string of the molecule is NC(=O)Nc1ccc(SSc2ccc(NC(=O)Nc3ccco3)c3cccnc23)c2ncccc12. The van der Waals surface area contributed by atoms with Gasteiger partial charge in [-0.2, -0.15) is 0 Å². The van der Waals surface area contributed by atoms with E-state index in [0.29, 0.717) is 17.3 Å². The second-order valence-electron chi connectivity index (χ2n) is 7.23. The van der Waals surface area contributed by atoms with E-state index in [4.69, 9.17) is 10.2 Å². The minimum Gasteiger partial charge on any atom is -0.449 e. The van der Waals surface area contributed by atoms with Crippen LogP contribution in [0.25, 0.3) is 21.8 Å². The highest BCUT2D eigenvalue weighted by molar-refractivity contribution is 8.76. The lowest BCUT2D eigenvalue weighted by atomic mass is 10.2. The highest BCUT2D eigenvalue weighted by atomic mass is 33.1. The van der Waals surface area contributed by atoms with Gasteiger partial charge in [-0.1, -0.05) is 21.6 Å². The van der Waals surface area contributed by atoms with Crippen molar-refractivity contribution in [1.29, 1.82) is 0 Å². The molecule has 0 aliphatic rings. The number of pyridine rings is 2. The Labute approximate surface area is 207 Å². The molecule has 5 rings (SSSR count). The van der Waals surface area contributed by atoms with Crippen LogP contribution >= 0.6 is 21.6 Å². The number of aromatic nitrogens is 2. The first-order valence-electron chi connectivity index (χ1n) is 10.4. The van der Waals surface area contributed by atoms with E-state index in [2.05, 4.69) is 25.9 Å². The molecule has 0 unspecified atom stereocenters. The summed E-state index contributed by atoms with van der Waals surface area (Å²) >= 11 is 0. The summed E-state index contributed by atoms with van der Waals surface area (Å²) in [6, 6.07) is 17.2. The van der Waals surface area contributed by atoms with E-state index < -0.39 is 12.1 Å². The number of nitrogens with one attached hydrogen (secondary N) is 3. The van der Waals surface area contributed by atoms with Crippen molar-refractivity contribution in [2.45, 2.75) is 9.79 Å². The van der Waals surface area contributed by atoms with Crippen LogP contribution in [0.4, 0.5) is 26.8 Å². The number of carbonyl (C=O) groups is 2. The number of benzene rings is 2. The lowest BCUT2D eigenvalue weighted by molar-refractivity contribution is 0.259. The zero-order valence-corrected chi connectivity index (χ0v) is 19.7. The number of hydrogen-bond acceptors (Lipinski definition) is 7. The second-order valence-corrected chi connectivity index (χ2v) is 9.45. The van der Waals surface area contributed by atoms with E-state index in [1.807, 2.05) is 36.4 Å². The Morgan fingerprint density at radius 1 is 0.743 bits per heavy atom. The summed E-state index contributed by atoms with van der Waals surface area (Å²) in [7, 11) is 3.05. The third-order valence-corrected chi connectivity index (χ3v) is 7.38. The fourth-order valence-electron chi connectivity index (χ4n) is 3.48. The minimum absolute atomic E-state index is 0.353. The maximum absolute atomic E-state index is 12.4. The molecule has 0 atom stereocenters. The zero-order valence-electron chi connectivity index (χ0n) is 18.0. The van der Waals surface area contributed by atoms with Crippen molar-refractivity contribution in [2.75, 3.05) is 16.0 Å². The molecule has 3 heterocycles. The first-order chi connectivity index (χ1) is 17.1. The van der Waals surface area contributed by atoms with Gasteiger partial charge in [0.25, 0.3) is 0 Å². The summed E-state index contributed by atoms with van der Waals surface area (Å²) in [5, 5.41) is 9.72. The summed E-state index contributed by atoms with van der Waals surface area (Å²) in [5.41, 5.74) is 8.03. The van der Waals surface area contributed by atoms with Gasteiger partial charge in [-0.05, 0) is 54.6 Å². The van der Waals surface area contributed by atoms with E-state index in [1.165, 1.54) is 27.9 Å². The van der Waals surface area contributed by atoms with Crippen molar-refractivity contribution >= 4 is 72.7 Å². The van der Waals surface area contributed by atoms with Crippen molar-refractivity contribution in [1.82, 2.24) is 9.97 Å². The van der Waals surface area contributed by atoms with Crippen LogP contribution in [0.5, 0.6) is 0 Å². The number of urea groups is 2. The average Bonchev–Trinajstić information content (AvgIpc) is 3.37. The van der Waals surface area contributed by atoms with Crippen molar-refractivity contribution in [3.05, 3.63) is 79.3 Å². The maximum atomic E-state index is 12.4. The van der Waals surface area contributed by atoms with Crippen LogP contribution in [0.1, 0.15) is 0 Å². The molecule has 35 heavy (non-hydrogen) atoms. The molecule has 0 fully saturated rings. The molecule has 5 aromatic rings. The lowest BCUT2D eigenvalue weighted by Gasteiger charge is -2.12. The number of hydrogen-bond donors (Lipinski definition) is 4. The molecule has 9 nitrogen and oxygen atoms in total. The van der Waals surface area contributed by atoms with Gasteiger partial charge >= 0.3 is 12.1 Å². The predicted molar refractivity (Wildman–Crippen MR) is 140 cm³/mol. The molecular weight excluding hydrogens is 484 g/mol. The van der Waals surface area contributed by atoms with Crippen LogP contribution in [0.3, 0.4) is 0 Å². The van der Waals surface area contributed by atoms with Crippen LogP contribution in [-0.2, 0) is 0 Å². The number of rotatable bonds is 6. The first kappa shape index (κ1) is 22.6. The number of nitrogens with two attached hydrogens (primary N) is 1. The topological polar surface area (TPSA) is 135 Å². The number of primary amides is 1. The Hall–Kier alpha value is -4.22. The number of nitrogens with zero attached hydrogens (tertiary/aromatic N) is 2. The zero-order chi connectivity index (χ0) is 24.2. The van der Waals surface area contributed by atoms with Crippen LogP contribution in [0, 0.1) is 0 Å².